The first-order valence-corrected chi connectivity index (χ1v) is 8.98. The van der Waals surface area contributed by atoms with E-state index in [-0.39, 0.29) is 0 Å². The Balaban J connectivity index is 1.30. The van der Waals surface area contributed by atoms with Crippen molar-refractivity contribution >= 4 is 27.4 Å². The highest BCUT2D eigenvalue weighted by Crippen LogP contribution is 2.35. The number of hydrogen-bond acceptors (Lipinski definition) is 5. The molecule has 0 amide bonds. The van der Waals surface area contributed by atoms with Gasteiger partial charge in [0.15, 0.2) is 5.65 Å². The first-order chi connectivity index (χ1) is 11.8. The lowest BCUT2D eigenvalue weighted by Gasteiger charge is -2.56. The number of rotatable bonds is 3. The van der Waals surface area contributed by atoms with Gasteiger partial charge in [-0.25, -0.2) is 0 Å². The first-order valence-electron chi connectivity index (χ1n) is 8.18. The van der Waals surface area contributed by atoms with Crippen LogP contribution in [0.1, 0.15) is 12.0 Å². The van der Waals surface area contributed by atoms with Gasteiger partial charge in [-0.15, -0.1) is 15.3 Å². The average molecular weight is 385 g/mol. The summed E-state index contributed by atoms with van der Waals surface area (Å²) in [5, 5.41) is 12.5. The molecule has 0 spiro atoms. The molecule has 3 aliphatic rings. The van der Waals surface area contributed by atoms with Crippen LogP contribution in [-0.2, 0) is 6.54 Å². The number of nitrogens with zero attached hydrogens (tertiary/aromatic N) is 6. The van der Waals surface area contributed by atoms with E-state index < -0.39 is 0 Å². The van der Waals surface area contributed by atoms with Crippen LogP contribution in [0.3, 0.4) is 0 Å². The number of benzene rings is 1. The largest absolute Gasteiger partial charge is 0.352 e. The summed E-state index contributed by atoms with van der Waals surface area (Å²) in [5.41, 5.74) is 2.17. The molecule has 2 bridgehead atoms. The highest BCUT2D eigenvalue weighted by Gasteiger charge is 2.44. The standard InChI is InChI=1S/C17H17BrN6/c18-13-3-1-12(2-4-13)8-23-14-7-15(23)10-22(9-14)17-6-5-16-20-19-11-24(16)21-17/h1-6,11,14-15H,7-10H2. The topological polar surface area (TPSA) is 49.6 Å². The van der Waals surface area contributed by atoms with Gasteiger partial charge in [-0.2, -0.15) is 4.52 Å². The summed E-state index contributed by atoms with van der Waals surface area (Å²) in [5.74, 6) is 1.01. The fraction of sp³-hybridized carbons (Fsp3) is 0.353. The van der Waals surface area contributed by atoms with Crippen molar-refractivity contribution in [2.45, 2.75) is 25.0 Å². The second kappa shape index (κ2) is 5.53. The van der Waals surface area contributed by atoms with Crippen molar-refractivity contribution < 1.29 is 0 Å². The van der Waals surface area contributed by atoms with Crippen LogP contribution in [0.5, 0.6) is 0 Å². The minimum Gasteiger partial charge on any atom is -0.352 e. The van der Waals surface area contributed by atoms with Crippen molar-refractivity contribution in [1.29, 1.82) is 0 Å². The number of hydrogen-bond donors (Lipinski definition) is 0. The van der Waals surface area contributed by atoms with E-state index in [9.17, 15) is 0 Å². The van der Waals surface area contributed by atoms with Gasteiger partial charge in [0.1, 0.15) is 12.1 Å². The van der Waals surface area contributed by atoms with Gasteiger partial charge in [-0.3, -0.25) is 4.90 Å². The van der Waals surface area contributed by atoms with Crippen LogP contribution in [0.15, 0.2) is 47.2 Å². The molecule has 0 saturated carbocycles. The maximum atomic E-state index is 4.63. The monoisotopic (exact) mass is 384 g/mol. The minimum absolute atomic E-state index is 0.616. The molecule has 2 unspecified atom stereocenters. The van der Waals surface area contributed by atoms with Crippen molar-refractivity contribution in [2.75, 3.05) is 18.0 Å². The highest BCUT2D eigenvalue weighted by molar-refractivity contribution is 9.10. The molecule has 6 rings (SSSR count). The summed E-state index contributed by atoms with van der Waals surface area (Å²) in [7, 11) is 0. The van der Waals surface area contributed by atoms with E-state index in [1.54, 1.807) is 10.8 Å². The summed E-state index contributed by atoms with van der Waals surface area (Å²) in [4.78, 5) is 5.01. The summed E-state index contributed by atoms with van der Waals surface area (Å²) in [6.07, 6.45) is 2.95. The second-order valence-electron chi connectivity index (χ2n) is 6.57. The van der Waals surface area contributed by atoms with E-state index in [4.69, 9.17) is 0 Å². The molecular weight excluding hydrogens is 368 g/mol. The van der Waals surface area contributed by atoms with Gasteiger partial charge in [-0.1, -0.05) is 28.1 Å². The Morgan fingerprint density at radius 2 is 1.83 bits per heavy atom. The molecular formula is C17H17BrN6. The number of fused-ring (bicyclic) bond motifs is 3. The van der Waals surface area contributed by atoms with Crippen LogP contribution in [0.2, 0.25) is 0 Å². The number of halogens is 1. The van der Waals surface area contributed by atoms with Gasteiger partial charge >= 0.3 is 0 Å². The summed E-state index contributed by atoms with van der Waals surface area (Å²) < 4.78 is 2.88. The Kier molecular flexibility index (Phi) is 3.31. The molecule has 5 heterocycles. The normalized spacial score (nSPS) is 23.5. The average Bonchev–Trinajstić information content (AvgIpc) is 3.09. The zero-order valence-electron chi connectivity index (χ0n) is 13.1. The Hall–Kier alpha value is -1.99. The first kappa shape index (κ1) is 14.4. The molecule has 0 aliphatic carbocycles. The lowest BCUT2D eigenvalue weighted by atomic mass is 9.87. The number of piperazine rings is 1. The predicted octanol–water partition coefficient (Wildman–Crippen LogP) is 2.35. The SMILES string of the molecule is Brc1ccc(CN2C3CC2CN(c2ccc4nncn4n2)C3)cc1. The molecule has 24 heavy (non-hydrogen) atoms. The maximum Gasteiger partial charge on any atom is 0.177 e. The van der Waals surface area contributed by atoms with Gasteiger partial charge < -0.3 is 4.90 Å². The van der Waals surface area contributed by atoms with Crippen LogP contribution in [0.25, 0.3) is 5.65 Å². The number of piperidine rings is 1. The number of aromatic nitrogens is 4. The molecule has 2 atom stereocenters. The molecule has 2 aromatic heterocycles. The molecule has 0 N–H and O–H groups in total. The quantitative estimate of drug-likeness (QED) is 0.693. The Morgan fingerprint density at radius 1 is 1.04 bits per heavy atom. The molecule has 3 saturated heterocycles. The fourth-order valence-electron chi connectivity index (χ4n) is 3.82. The molecule has 3 fully saturated rings. The molecule has 3 aromatic rings. The van der Waals surface area contributed by atoms with Crippen LogP contribution < -0.4 is 4.90 Å². The second-order valence-corrected chi connectivity index (χ2v) is 7.49. The summed E-state index contributed by atoms with van der Waals surface area (Å²) >= 11 is 3.50. The van der Waals surface area contributed by atoms with Crippen molar-refractivity contribution in [3.63, 3.8) is 0 Å². The van der Waals surface area contributed by atoms with Crippen LogP contribution in [0.4, 0.5) is 5.82 Å². The van der Waals surface area contributed by atoms with Crippen molar-refractivity contribution in [3.8, 4) is 0 Å². The van der Waals surface area contributed by atoms with Gasteiger partial charge in [-0.05, 0) is 36.2 Å². The van der Waals surface area contributed by atoms with E-state index >= 15 is 0 Å². The van der Waals surface area contributed by atoms with E-state index in [1.165, 1.54) is 12.0 Å². The molecule has 1 aromatic carbocycles. The predicted molar refractivity (Wildman–Crippen MR) is 94.9 cm³/mol. The molecule has 3 aliphatic heterocycles. The third-order valence-electron chi connectivity index (χ3n) is 5.09. The van der Waals surface area contributed by atoms with Crippen LogP contribution in [-0.4, -0.2) is 49.9 Å². The smallest absolute Gasteiger partial charge is 0.177 e. The highest BCUT2D eigenvalue weighted by atomic mass is 79.9. The fourth-order valence-corrected chi connectivity index (χ4v) is 4.08. The van der Waals surface area contributed by atoms with Crippen LogP contribution >= 0.6 is 15.9 Å². The van der Waals surface area contributed by atoms with Crippen molar-refractivity contribution in [3.05, 3.63) is 52.8 Å². The molecule has 0 radical (unpaired) electrons. The lowest BCUT2D eigenvalue weighted by molar-refractivity contribution is -0.00874. The molecule has 122 valence electrons. The molecule has 7 heteroatoms. The minimum atomic E-state index is 0.616. The Bertz CT molecular complexity index is 864. The van der Waals surface area contributed by atoms with Gasteiger partial charge in [0.2, 0.25) is 0 Å². The Labute approximate surface area is 148 Å². The van der Waals surface area contributed by atoms with Crippen molar-refractivity contribution in [1.82, 2.24) is 24.7 Å². The summed E-state index contributed by atoms with van der Waals surface area (Å²) in [6, 6.07) is 13.9. The van der Waals surface area contributed by atoms with E-state index in [0.717, 1.165) is 35.6 Å². The van der Waals surface area contributed by atoms with E-state index in [0.29, 0.717) is 12.1 Å². The van der Waals surface area contributed by atoms with Crippen LogP contribution in [0, 0.1) is 0 Å². The lowest BCUT2D eigenvalue weighted by Crippen LogP contribution is -2.68. The van der Waals surface area contributed by atoms with E-state index in [2.05, 4.69) is 65.3 Å². The zero-order chi connectivity index (χ0) is 16.1. The van der Waals surface area contributed by atoms with Crippen molar-refractivity contribution in [2.24, 2.45) is 0 Å². The molecule has 6 nitrogen and oxygen atoms in total. The Morgan fingerprint density at radius 3 is 2.62 bits per heavy atom. The maximum absolute atomic E-state index is 4.63. The van der Waals surface area contributed by atoms with Gasteiger partial charge in [0.25, 0.3) is 0 Å². The van der Waals surface area contributed by atoms with E-state index in [1.807, 2.05) is 12.1 Å². The van der Waals surface area contributed by atoms with Gasteiger partial charge in [0.05, 0.1) is 0 Å². The summed E-state index contributed by atoms with van der Waals surface area (Å²) in [6.45, 7) is 3.11. The third-order valence-corrected chi connectivity index (χ3v) is 5.62. The zero-order valence-corrected chi connectivity index (χ0v) is 14.7. The third kappa shape index (κ3) is 2.39. The van der Waals surface area contributed by atoms with Gasteiger partial charge in [0, 0.05) is 36.2 Å². The number of anilines is 1.